The predicted molar refractivity (Wildman–Crippen MR) is 97.6 cm³/mol. The van der Waals surface area contributed by atoms with Crippen molar-refractivity contribution in [1.82, 2.24) is 9.38 Å². The Morgan fingerprint density at radius 2 is 1.92 bits per heavy atom. The Kier molecular flexibility index (Phi) is 3.63. The molecule has 0 saturated carbocycles. The summed E-state index contributed by atoms with van der Waals surface area (Å²) in [6, 6.07) is 17.6. The third-order valence-electron chi connectivity index (χ3n) is 3.83. The van der Waals surface area contributed by atoms with Crippen LogP contribution >= 0.6 is 11.3 Å². The minimum atomic E-state index is -0.121. The lowest BCUT2D eigenvalue weighted by atomic mass is 10.1. The normalized spacial score (nSPS) is 10.9. The maximum absolute atomic E-state index is 12.5. The molecule has 0 aliphatic rings. The van der Waals surface area contributed by atoms with Crippen LogP contribution in [-0.2, 0) is 0 Å². The minimum absolute atomic E-state index is 0.121. The molecule has 5 heteroatoms. The lowest BCUT2D eigenvalue weighted by Crippen LogP contribution is -2.12. The van der Waals surface area contributed by atoms with Gasteiger partial charge in [-0.3, -0.25) is 9.20 Å². The van der Waals surface area contributed by atoms with Gasteiger partial charge < -0.3 is 5.32 Å². The first-order valence-electron chi connectivity index (χ1n) is 7.61. The van der Waals surface area contributed by atoms with Crippen LogP contribution in [0.3, 0.4) is 0 Å². The van der Waals surface area contributed by atoms with Gasteiger partial charge in [-0.15, -0.1) is 11.3 Å². The monoisotopic (exact) mass is 333 g/mol. The van der Waals surface area contributed by atoms with Crippen LogP contribution in [0.15, 0.2) is 66.2 Å². The van der Waals surface area contributed by atoms with E-state index in [9.17, 15) is 4.79 Å². The largest absolute Gasteiger partial charge is 0.305 e. The Hall–Kier alpha value is -2.92. The fourth-order valence-electron chi connectivity index (χ4n) is 2.60. The van der Waals surface area contributed by atoms with Crippen LogP contribution in [0.5, 0.6) is 0 Å². The molecule has 0 radical (unpaired) electrons. The van der Waals surface area contributed by atoms with Crippen molar-refractivity contribution >= 4 is 28.7 Å². The number of fused-ring (bicyclic) bond motifs is 1. The van der Waals surface area contributed by atoms with Gasteiger partial charge in [0.05, 0.1) is 4.88 Å². The molecule has 4 aromatic rings. The maximum atomic E-state index is 12.5. The molecule has 0 bridgehead atoms. The topological polar surface area (TPSA) is 46.4 Å². The zero-order chi connectivity index (χ0) is 16.5. The Balaban J connectivity index is 1.84. The number of imidazole rings is 1. The van der Waals surface area contributed by atoms with Crippen molar-refractivity contribution in [3.8, 4) is 11.3 Å². The number of amides is 1. The van der Waals surface area contributed by atoms with Crippen LogP contribution in [0.2, 0.25) is 0 Å². The van der Waals surface area contributed by atoms with Crippen LogP contribution in [0.25, 0.3) is 16.9 Å². The quantitative estimate of drug-likeness (QED) is 0.594. The summed E-state index contributed by atoms with van der Waals surface area (Å²) >= 11 is 1.42. The molecule has 24 heavy (non-hydrogen) atoms. The highest BCUT2D eigenvalue weighted by Gasteiger charge is 2.17. The molecule has 0 saturated heterocycles. The van der Waals surface area contributed by atoms with Gasteiger partial charge in [-0.1, -0.05) is 42.0 Å². The average Bonchev–Trinajstić information content (AvgIpc) is 3.24. The number of hydrogen-bond donors (Lipinski definition) is 1. The first-order chi connectivity index (χ1) is 11.7. The number of thiophene rings is 1. The standard InChI is InChI=1S/C19H15N3OS/c1-13-7-9-14(10-8-13)17-18(21-19(23)15-5-4-12-24-15)22-11-3-2-6-16(22)20-17/h2-12H,1H3,(H,21,23). The van der Waals surface area contributed by atoms with Crippen molar-refractivity contribution in [2.24, 2.45) is 0 Å². The number of aryl methyl sites for hydroxylation is 1. The molecule has 1 N–H and O–H groups in total. The summed E-state index contributed by atoms with van der Waals surface area (Å²) < 4.78 is 1.90. The first kappa shape index (κ1) is 14.7. The molecule has 0 unspecified atom stereocenters. The molecule has 1 amide bonds. The summed E-state index contributed by atoms with van der Waals surface area (Å²) in [7, 11) is 0. The molecule has 4 rings (SSSR count). The zero-order valence-electron chi connectivity index (χ0n) is 13.1. The van der Waals surface area contributed by atoms with E-state index >= 15 is 0 Å². The smallest absolute Gasteiger partial charge is 0.266 e. The van der Waals surface area contributed by atoms with Crippen molar-refractivity contribution in [2.75, 3.05) is 5.32 Å². The maximum Gasteiger partial charge on any atom is 0.266 e. The third kappa shape index (κ3) is 2.59. The lowest BCUT2D eigenvalue weighted by molar-refractivity contribution is 0.103. The second-order valence-electron chi connectivity index (χ2n) is 5.54. The SMILES string of the molecule is Cc1ccc(-c2nc3ccccn3c2NC(=O)c2cccs2)cc1. The highest BCUT2D eigenvalue weighted by Crippen LogP contribution is 2.29. The number of nitrogens with one attached hydrogen (secondary N) is 1. The van der Waals surface area contributed by atoms with Gasteiger partial charge in [0.2, 0.25) is 0 Å². The molecule has 1 aromatic carbocycles. The molecule has 3 aromatic heterocycles. The predicted octanol–water partition coefficient (Wildman–Crippen LogP) is 4.62. The number of carbonyl (C=O) groups excluding carboxylic acids is 1. The summed E-state index contributed by atoms with van der Waals surface area (Å²) in [5.41, 5.74) is 3.73. The number of benzene rings is 1. The number of aromatic nitrogens is 2. The van der Waals surface area contributed by atoms with Crippen molar-refractivity contribution < 1.29 is 4.79 Å². The Morgan fingerprint density at radius 3 is 2.67 bits per heavy atom. The van der Waals surface area contributed by atoms with Crippen molar-refractivity contribution in [2.45, 2.75) is 6.92 Å². The van der Waals surface area contributed by atoms with Gasteiger partial charge in [-0.25, -0.2) is 4.98 Å². The number of carbonyl (C=O) groups is 1. The van der Waals surface area contributed by atoms with E-state index < -0.39 is 0 Å². The highest BCUT2D eigenvalue weighted by molar-refractivity contribution is 7.12. The van der Waals surface area contributed by atoms with E-state index in [0.717, 1.165) is 16.9 Å². The number of pyridine rings is 1. The third-order valence-corrected chi connectivity index (χ3v) is 4.70. The zero-order valence-corrected chi connectivity index (χ0v) is 13.9. The van der Waals surface area contributed by atoms with Gasteiger partial charge in [0, 0.05) is 11.8 Å². The molecule has 0 aliphatic carbocycles. The van der Waals surface area contributed by atoms with Crippen LogP contribution < -0.4 is 5.32 Å². The van der Waals surface area contributed by atoms with Crippen molar-refractivity contribution in [3.05, 3.63) is 76.6 Å². The second kappa shape index (κ2) is 5.94. The summed E-state index contributed by atoms with van der Waals surface area (Å²) in [5, 5.41) is 4.91. The molecule has 0 aliphatic heterocycles. The van der Waals surface area contributed by atoms with E-state index in [1.165, 1.54) is 16.9 Å². The summed E-state index contributed by atoms with van der Waals surface area (Å²) in [5.74, 6) is 0.567. The second-order valence-corrected chi connectivity index (χ2v) is 6.48. The molecule has 4 nitrogen and oxygen atoms in total. The Morgan fingerprint density at radius 1 is 1.08 bits per heavy atom. The Bertz CT molecular complexity index is 1000. The Labute approximate surface area is 143 Å². The number of anilines is 1. The van der Waals surface area contributed by atoms with Crippen molar-refractivity contribution in [3.63, 3.8) is 0 Å². The number of hydrogen-bond acceptors (Lipinski definition) is 3. The summed E-state index contributed by atoms with van der Waals surface area (Å²) in [6.45, 7) is 2.05. The van der Waals surface area contributed by atoms with E-state index in [1.54, 1.807) is 0 Å². The number of rotatable bonds is 3. The van der Waals surface area contributed by atoms with Crippen LogP contribution in [0.4, 0.5) is 5.82 Å². The fourth-order valence-corrected chi connectivity index (χ4v) is 3.22. The van der Waals surface area contributed by atoms with E-state index in [4.69, 9.17) is 4.98 Å². The fraction of sp³-hybridized carbons (Fsp3) is 0.0526. The highest BCUT2D eigenvalue weighted by atomic mass is 32.1. The van der Waals surface area contributed by atoms with E-state index in [2.05, 4.69) is 5.32 Å². The lowest BCUT2D eigenvalue weighted by Gasteiger charge is -2.07. The molecular weight excluding hydrogens is 318 g/mol. The van der Waals surface area contributed by atoms with Gasteiger partial charge in [-0.05, 0) is 30.5 Å². The van der Waals surface area contributed by atoms with E-state index in [0.29, 0.717) is 10.7 Å². The minimum Gasteiger partial charge on any atom is -0.305 e. The van der Waals surface area contributed by atoms with E-state index in [-0.39, 0.29) is 5.91 Å². The van der Waals surface area contributed by atoms with E-state index in [1.807, 2.05) is 77.5 Å². The van der Waals surface area contributed by atoms with Crippen LogP contribution in [0, 0.1) is 6.92 Å². The van der Waals surface area contributed by atoms with Gasteiger partial charge in [0.15, 0.2) is 0 Å². The molecule has 3 heterocycles. The van der Waals surface area contributed by atoms with Gasteiger partial charge in [0.1, 0.15) is 17.2 Å². The molecule has 0 spiro atoms. The van der Waals surface area contributed by atoms with Gasteiger partial charge in [0.25, 0.3) is 5.91 Å². The van der Waals surface area contributed by atoms with Gasteiger partial charge in [-0.2, -0.15) is 0 Å². The summed E-state index contributed by atoms with van der Waals surface area (Å²) in [6.07, 6.45) is 1.91. The molecule has 118 valence electrons. The van der Waals surface area contributed by atoms with Crippen LogP contribution in [0.1, 0.15) is 15.2 Å². The molecular formula is C19H15N3OS. The molecule has 0 atom stereocenters. The summed E-state index contributed by atoms with van der Waals surface area (Å²) in [4.78, 5) is 17.9. The van der Waals surface area contributed by atoms with Gasteiger partial charge >= 0.3 is 0 Å². The van der Waals surface area contributed by atoms with Crippen molar-refractivity contribution in [1.29, 1.82) is 0 Å². The average molecular weight is 333 g/mol. The number of nitrogens with zero attached hydrogens (tertiary/aromatic N) is 2. The first-order valence-corrected chi connectivity index (χ1v) is 8.49. The molecule has 0 fully saturated rings. The van der Waals surface area contributed by atoms with Crippen LogP contribution in [-0.4, -0.2) is 15.3 Å².